The normalized spacial score (nSPS) is 17.4. The zero-order chi connectivity index (χ0) is 13.2. The van der Waals surface area contributed by atoms with E-state index in [1.807, 2.05) is 0 Å². The Kier molecular flexibility index (Phi) is 1.70. The third-order valence-electron chi connectivity index (χ3n) is 1.24. The van der Waals surface area contributed by atoms with Gasteiger partial charge in [0.05, 0.1) is 6.85 Å². The van der Waals surface area contributed by atoms with Crippen molar-refractivity contribution in [1.82, 2.24) is 0 Å². The Hall–Kier alpha value is -1.02. The molecule has 0 fully saturated rings. The fourth-order valence-electron chi connectivity index (χ4n) is 0.679. The summed E-state index contributed by atoms with van der Waals surface area (Å²) in [6.07, 6.45) is 0.241. The van der Waals surface area contributed by atoms with E-state index in [9.17, 15) is 0 Å². The summed E-state index contributed by atoms with van der Waals surface area (Å²) in [6.45, 7) is 0. The minimum atomic E-state index is -0.425. The van der Waals surface area contributed by atoms with Gasteiger partial charge < -0.3 is 5.21 Å². The Morgan fingerprint density at radius 3 is 2.75 bits per heavy atom. The number of nitrogens with zero attached hydrogens (tertiary/aromatic N) is 1. The zero-order valence-electron chi connectivity index (χ0n) is 11.2. The van der Waals surface area contributed by atoms with Crippen LogP contribution < -0.4 is 0 Å². The van der Waals surface area contributed by atoms with Crippen molar-refractivity contribution in [3.63, 3.8) is 0 Å². The molecule has 2 nitrogen and oxygen atoms in total. The second kappa shape index (κ2) is 4.78. The Bertz CT molecular complexity index is 448. The molecule has 0 saturated heterocycles. The van der Waals surface area contributed by atoms with Gasteiger partial charge in [-0.05, 0) is 12.0 Å². The summed E-state index contributed by atoms with van der Waals surface area (Å²) >= 11 is 5.48. The first-order chi connectivity index (χ1) is 7.90. The van der Waals surface area contributed by atoms with Gasteiger partial charge in [0.1, 0.15) is 5.17 Å². The molecule has 1 aromatic carbocycles. The van der Waals surface area contributed by atoms with Gasteiger partial charge >= 0.3 is 0 Å². The van der Waals surface area contributed by atoms with Crippen molar-refractivity contribution in [3.05, 3.63) is 35.8 Å². The highest BCUT2D eigenvalue weighted by atomic mass is 35.5. The van der Waals surface area contributed by atoms with Crippen molar-refractivity contribution in [2.45, 2.75) is 12.8 Å². The summed E-state index contributed by atoms with van der Waals surface area (Å²) in [5.41, 5.74) is 0.165. The molecular formula is C9H10ClNO. The minimum Gasteiger partial charge on any atom is -0.410 e. The van der Waals surface area contributed by atoms with Crippen LogP contribution in [-0.4, -0.2) is 10.4 Å². The van der Waals surface area contributed by atoms with E-state index in [4.69, 9.17) is 23.7 Å². The zero-order valence-corrected chi connectivity index (χ0v) is 6.94. The molecule has 0 spiro atoms. The lowest BCUT2D eigenvalue weighted by Crippen LogP contribution is -1.91. The molecule has 12 heavy (non-hydrogen) atoms. The van der Waals surface area contributed by atoms with E-state index in [0.717, 1.165) is 0 Å². The Balaban J connectivity index is 3.16. The van der Waals surface area contributed by atoms with Crippen LogP contribution in [0.25, 0.3) is 0 Å². The first-order valence-corrected chi connectivity index (χ1v) is 3.70. The maximum absolute atomic E-state index is 8.36. The van der Waals surface area contributed by atoms with Crippen molar-refractivity contribution in [1.29, 1.82) is 0 Å². The van der Waals surface area contributed by atoms with Crippen LogP contribution >= 0.6 is 11.6 Å². The molecule has 0 aliphatic carbocycles. The van der Waals surface area contributed by atoms with Gasteiger partial charge in [-0.3, -0.25) is 0 Å². The second-order valence-electron chi connectivity index (χ2n) is 2.08. The molecule has 0 saturated carbocycles. The van der Waals surface area contributed by atoms with Gasteiger partial charge in [0.2, 0.25) is 0 Å². The molecule has 0 unspecified atom stereocenters. The molecule has 0 bridgehead atoms. The molecule has 0 amide bonds. The van der Waals surface area contributed by atoms with Gasteiger partial charge in [-0.25, -0.2) is 0 Å². The van der Waals surface area contributed by atoms with Crippen LogP contribution in [0.5, 0.6) is 0 Å². The third-order valence-corrected chi connectivity index (χ3v) is 1.51. The lowest BCUT2D eigenvalue weighted by molar-refractivity contribution is 0.319. The van der Waals surface area contributed by atoms with Gasteiger partial charge in [0.25, 0.3) is 0 Å². The molecule has 0 aliphatic heterocycles. The molecule has 0 aliphatic rings. The predicted molar refractivity (Wildman–Crippen MR) is 49.8 cm³/mol. The molecule has 1 N–H and O–H groups in total. The van der Waals surface area contributed by atoms with Gasteiger partial charge in [0.15, 0.2) is 0 Å². The number of rotatable bonds is 3. The van der Waals surface area contributed by atoms with Crippen molar-refractivity contribution < 1.29 is 12.1 Å². The standard InChI is InChI=1S/C9H10ClNO/c10-9(11-12)7-6-8-4-2-1-3-5-8/h1-5,12H,6-7H2/b11-9-/i1D,2D,3D,4D,5D. The quantitative estimate of drug-likeness (QED) is 0.442. The van der Waals surface area contributed by atoms with E-state index in [0.29, 0.717) is 0 Å². The second-order valence-corrected chi connectivity index (χ2v) is 2.52. The molecule has 0 radical (unpaired) electrons. The lowest BCUT2D eigenvalue weighted by atomic mass is 10.1. The van der Waals surface area contributed by atoms with Gasteiger partial charge in [-0.1, -0.05) is 47.0 Å². The highest BCUT2D eigenvalue weighted by Crippen LogP contribution is 2.04. The largest absolute Gasteiger partial charge is 0.410 e. The number of oxime groups is 1. The topological polar surface area (TPSA) is 32.6 Å². The first-order valence-electron chi connectivity index (χ1n) is 5.82. The average Bonchev–Trinajstić information content (AvgIpc) is 2.33. The third kappa shape index (κ3) is 2.93. The van der Waals surface area contributed by atoms with Crippen LogP contribution in [0.1, 0.15) is 18.8 Å². The SMILES string of the molecule is [2H]c1c([2H])c([2H])c(CC/C(Cl)=N/O)c([2H])c1[2H]. The highest BCUT2D eigenvalue weighted by Gasteiger charge is 1.95. The Labute approximate surface area is 83.5 Å². The molecule has 1 aromatic rings. The van der Waals surface area contributed by atoms with E-state index in [1.54, 1.807) is 0 Å². The summed E-state index contributed by atoms with van der Waals surface area (Å²) in [5, 5.41) is 11.0. The number of benzene rings is 1. The van der Waals surface area contributed by atoms with Crippen molar-refractivity contribution >= 4 is 16.8 Å². The van der Waals surface area contributed by atoms with Crippen LogP contribution in [0.4, 0.5) is 0 Å². The van der Waals surface area contributed by atoms with Crippen molar-refractivity contribution in [3.8, 4) is 0 Å². The average molecular weight is 189 g/mol. The molecular weight excluding hydrogens is 174 g/mol. The predicted octanol–water partition coefficient (Wildman–Crippen LogP) is 2.65. The number of hydrogen-bond acceptors (Lipinski definition) is 2. The van der Waals surface area contributed by atoms with Crippen LogP contribution in [0.3, 0.4) is 0 Å². The van der Waals surface area contributed by atoms with E-state index in [2.05, 4.69) is 5.16 Å². The van der Waals surface area contributed by atoms with Gasteiger partial charge in [-0.2, -0.15) is 0 Å². The summed E-state index contributed by atoms with van der Waals surface area (Å²) in [5.74, 6) is 0. The van der Waals surface area contributed by atoms with E-state index in [-0.39, 0.29) is 47.7 Å². The maximum Gasteiger partial charge on any atom is 0.145 e. The summed E-state index contributed by atoms with van der Waals surface area (Å²) < 4.78 is 37.5. The summed E-state index contributed by atoms with van der Waals surface area (Å²) in [7, 11) is 0. The summed E-state index contributed by atoms with van der Waals surface area (Å²) in [6, 6.07) is -1.68. The minimum absolute atomic E-state index is 0.0724. The molecule has 64 valence electrons. The van der Waals surface area contributed by atoms with Crippen molar-refractivity contribution in [2.75, 3.05) is 0 Å². The van der Waals surface area contributed by atoms with Crippen LogP contribution in [0, 0.1) is 0 Å². The van der Waals surface area contributed by atoms with Gasteiger partial charge in [-0.15, -0.1) is 0 Å². The monoisotopic (exact) mass is 188 g/mol. The first kappa shape index (κ1) is 4.28. The van der Waals surface area contributed by atoms with E-state index in [1.165, 1.54) is 0 Å². The Morgan fingerprint density at radius 2 is 2.17 bits per heavy atom. The van der Waals surface area contributed by atoms with E-state index < -0.39 is 6.04 Å². The van der Waals surface area contributed by atoms with Crippen LogP contribution in [0.15, 0.2) is 35.4 Å². The fraction of sp³-hybridized carbons (Fsp3) is 0.222. The molecule has 0 aromatic heterocycles. The van der Waals surface area contributed by atoms with Crippen LogP contribution in [-0.2, 0) is 6.42 Å². The number of halogens is 1. The number of hydrogen-bond donors (Lipinski definition) is 1. The van der Waals surface area contributed by atoms with Crippen LogP contribution in [0.2, 0.25) is 0 Å². The smallest absolute Gasteiger partial charge is 0.145 e. The van der Waals surface area contributed by atoms with Gasteiger partial charge in [0, 0.05) is 6.42 Å². The van der Waals surface area contributed by atoms with Crippen molar-refractivity contribution in [2.24, 2.45) is 5.16 Å². The lowest BCUT2D eigenvalue weighted by Gasteiger charge is -1.97. The maximum atomic E-state index is 8.36. The Morgan fingerprint density at radius 1 is 1.50 bits per heavy atom. The molecule has 3 heteroatoms. The van der Waals surface area contributed by atoms with E-state index >= 15 is 0 Å². The highest BCUT2D eigenvalue weighted by molar-refractivity contribution is 6.65. The molecule has 1 rings (SSSR count). The molecule has 0 heterocycles. The fourth-order valence-corrected chi connectivity index (χ4v) is 0.774. The molecule has 0 atom stereocenters. The summed E-state index contributed by atoms with van der Waals surface area (Å²) in [4.78, 5) is 0.